The lowest BCUT2D eigenvalue weighted by molar-refractivity contribution is 0.206. The normalized spacial score (nSPS) is 22.6. The standard InChI is InChI=1S/C9H12ClN3O/c1-13-3-2-7(6-13)14-8-4-11-9(10)12-5-8/h4-5,7H,2-3,6H2,1H3/t7-/m1/s1. The zero-order valence-electron chi connectivity index (χ0n) is 7.98. The van der Waals surface area contributed by atoms with E-state index in [-0.39, 0.29) is 11.4 Å². The first-order valence-corrected chi connectivity index (χ1v) is 4.94. The molecule has 1 aliphatic rings. The Morgan fingerprint density at radius 2 is 2.21 bits per heavy atom. The predicted octanol–water partition coefficient (Wildman–Crippen LogP) is 1.21. The molecule has 1 aromatic rings. The summed E-state index contributed by atoms with van der Waals surface area (Å²) in [5.74, 6) is 0.690. The van der Waals surface area contributed by atoms with Crippen molar-refractivity contribution in [3.05, 3.63) is 17.7 Å². The van der Waals surface area contributed by atoms with Gasteiger partial charge in [0, 0.05) is 13.1 Å². The zero-order chi connectivity index (χ0) is 9.97. The second kappa shape index (κ2) is 4.11. The van der Waals surface area contributed by atoms with Crippen LogP contribution in [0.2, 0.25) is 5.28 Å². The van der Waals surface area contributed by atoms with E-state index in [1.54, 1.807) is 12.4 Å². The number of nitrogens with zero attached hydrogens (tertiary/aromatic N) is 3. The predicted molar refractivity (Wildman–Crippen MR) is 53.6 cm³/mol. The maximum atomic E-state index is 5.68. The molecule has 1 aromatic heterocycles. The van der Waals surface area contributed by atoms with Gasteiger partial charge in [-0.3, -0.25) is 0 Å². The van der Waals surface area contributed by atoms with Crippen molar-refractivity contribution in [2.45, 2.75) is 12.5 Å². The quantitative estimate of drug-likeness (QED) is 0.693. The number of rotatable bonds is 2. The minimum absolute atomic E-state index is 0.251. The highest BCUT2D eigenvalue weighted by molar-refractivity contribution is 6.28. The Kier molecular flexibility index (Phi) is 2.84. The van der Waals surface area contributed by atoms with E-state index in [1.165, 1.54) is 0 Å². The monoisotopic (exact) mass is 213 g/mol. The zero-order valence-corrected chi connectivity index (χ0v) is 8.74. The first kappa shape index (κ1) is 9.68. The van der Waals surface area contributed by atoms with E-state index < -0.39 is 0 Å². The summed E-state index contributed by atoms with van der Waals surface area (Å²) in [5.41, 5.74) is 0. The summed E-state index contributed by atoms with van der Waals surface area (Å²) in [4.78, 5) is 9.95. The van der Waals surface area contributed by atoms with Gasteiger partial charge in [0.1, 0.15) is 6.10 Å². The molecule has 1 saturated heterocycles. The number of hydrogen-bond acceptors (Lipinski definition) is 4. The van der Waals surface area contributed by atoms with Gasteiger partial charge in [-0.1, -0.05) is 0 Å². The van der Waals surface area contributed by atoms with Gasteiger partial charge in [-0.15, -0.1) is 0 Å². The van der Waals surface area contributed by atoms with Gasteiger partial charge >= 0.3 is 0 Å². The number of halogens is 1. The number of aromatic nitrogens is 2. The summed E-state index contributed by atoms with van der Waals surface area (Å²) < 4.78 is 5.68. The highest BCUT2D eigenvalue weighted by Crippen LogP contribution is 2.16. The van der Waals surface area contributed by atoms with E-state index in [0.717, 1.165) is 19.5 Å². The number of ether oxygens (including phenoxy) is 1. The minimum Gasteiger partial charge on any atom is -0.486 e. The molecule has 0 unspecified atom stereocenters. The summed E-state index contributed by atoms with van der Waals surface area (Å²) in [7, 11) is 2.09. The minimum atomic E-state index is 0.251. The molecule has 0 aliphatic carbocycles. The summed E-state index contributed by atoms with van der Waals surface area (Å²) in [6, 6.07) is 0. The van der Waals surface area contributed by atoms with Gasteiger partial charge in [0.2, 0.25) is 5.28 Å². The van der Waals surface area contributed by atoms with E-state index in [2.05, 4.69) is 21.9 Å². The molecule has 2 heterocycles. The lowest BCUT2D eigenvalue weighted by Crippen LogP contribution is -2.21. The molecule has 14 heavy (non-hydrogen) atoms. The van der Waals surface area contributed by atoms with Crippen LogP contribution in [0.15, 0.2) is 12.4 Å². The first-order chi connectivity index (χ1) is 6.74. The number of hydrogen-bond donors (Lipinski definition) is 0. The van der Waals surface area contributed by atoms with E-state index >= 15 is 0 Å². The third-order valence-electron chi connectivity index (χ3n) is 2.25. The van der Waals surface area contributed by atoms with Gasteiger partial charge in [0.25, 0.3) is 0 Å². The number of likely N-dealkylation sites (N-methyl/N-ethyl adjacent to an activating group) is 1. The second-order valence-corrected chi connectivity index (χ2v) is 3.82. The van der Waals surface area contributed by atoms with Crippen molar-refractivity contribution < 1.29 is 4.74 Å². The van der Waals surface area contributed by atoms with Crippen LogP contribution in [0.4, 0.5) is 0 Å². The molecule has 0 spiro atoms. The van der Waals surface area contributed by atoms with E-state index in [9.17, 15) is 0 Å². The molecule has 4 nitrogen and oxygen atoms in total. The van der Waals surface area contributed by atoms with E-state index in [0.29, 0.717) is 5.75 Å². The largest absolute Gasteiger partial charge is 0.486 e. The number of likely N-dealkylation sites (tertiary alicyclic amines) is 1. The molecule has 0 amide bonds. The van der Waals surface area contributed by atoms with Crippen molar-refractivity contribution in [1.82, 2.24) is 14.9 Å². The molecule has 76 valence electrons. The Balaban J connectivity index is 1.94. The molecule has 0 bridgehead atoms. The fourth-order valence-electron chi connectivity index (χ4n) is 1.54. The van der Waals surface area contributed by atoms with Gasteiger partial charge in [-0.2, -0.15) is 0 Å². The molecule has 1 atom stereocenters. The average molecular weight is 214 g/mol. The summed E-state index contributed by atoms with van der Waals surface area (Å²) in [6.45, 7) is 2.04. The Morgan fingerprint density at radius 3 is 2.79 bits per heavy atom. The third-order valence-corrected chi connectivity index (χ3v) is 2.44. The highest BCUT2D eigenvalue weighted by atomic mass is 35.5. The van der Waals surface area contributed by atoms with Gasteiger partial charge in [0.05, 0.1) is 12.4 Å². The summed E-state index contributed by atoms with van der Waals surface area (Å²) in [5, 5.41) is 0.251. The van der Waals surface area contributed by atoms with Gasteiger partial charge in [-0.05, 0) is 25.1 Å². The van der Waals surface area contributed by atoms with Crippen LogP contribution in [-0.2, 0) is 0 Å². The molecule has 0 radical (unpaired) electrons. The molecule has 0 N–H and O–H groups in total. The Hall–Kier alpha value is -0.870. The maximum Gasteiger partial charge on any atom is 0.222 e. The molecule has 5 heteroatoms. The lowest BCUT2D eigenvalue weighted by atomic mass is 10.3. The van der Waals surface area contributed by atoms with Crippen LogP contribution >= 0.6 is 11.6 Å². The van der Waals surface area contributed by atoms with Crippen LogP contribution in [0, 0.1) is 0 Å². The van der Waals surface area contributed by atoms with Crippen LogP contribution in [0.1, 0.15) is 6.42 Å². The van der Waals surface area contributed by atoms with Crippen molar-refractivity contribution in [3.63, 3.8) is 0 Å². The smallest absolute Gasteiger partial charge is 0.222 e. The van der Waals surface area contributed by atoms with Crippen molar-refractivity contribution in [1.29, 1.82) is 0 Å². The van der Waals surface area contributed by atoms with Crippen LogP contribution in [0.5, 0.6) is 5.75 Å². The van der Waals surface area contributed by atoms with Gasteiger partial charge < -0.3 is 9.64 Å². The van der Waals surface area contributed by atoms with Crippen LogP contribution in [0.25, 0.3) is 0 Å². The highest BCUT2D eigenvalue weighted by Gasteiger charge is 2.20. The van der Waals surface area contributed by atoms with E-state index in [4.69, 9.17) is 16.3 Å². The lowest BCUT2D eigenvalue weighted by Gasteiger charge is -2.12. The first-order valence-electron chi connectivity index (χ1n) is 4.57. The molecule has 0 aromatic carbocycles. The Labute approximate surface area is 87.9 Å². The topological polar surface area (TPSA) is 38.2 Å². The fraction of sp³-hybridized carbons (Fsp3) is 0.556. The molecule has 1 aliphatic heterocycles. The molecular formula is C9H12ClN3O. The Bertz CT molecular complexity index is 303. The average Bonchev–Trinajstić information content (AvgIpc) is 2.56. The fourth-order valence-corrected chi connectivity index (χ4v) is 1.64. The van der Waals surface area contributed by atoms with Crippen molar-refractivity contribution in [3.8, 4) is 5.75 Å². The van der Waals surface area contributed by atoms with Crippen LogP contribution in [0.3, 0.4) is 0 Å². The van der Waals surface area contributed by atoms with Gasteiger partial charge in [-0.25, -0.2) is 9.97 Å². The SMILES string of the molecule is CN1CC[C@@H](Oc2cnc(Cl)nc2)C1. The van der Waals surface area contributed by atoms with E-state index in [1.807, 2.05) is 0 Å². The van der Waals surface area contributed by atoms with Crippen molar-refractivity contribution in [2.24, 2.45) is 0 Å². The Morgan fingerprint density at radius 1 is 1.50 bits per heavy atom. The molecular weight excluding hydrogens is 202 g/mol. The summed E-state index contributed by atoms with van der Waals surface area (Å²) >= 11 is 5.57. The second-order valence-electron chi connectivity index (χ2n) is 3.48. The van der Waals surface area contributed by atoms with Crippen molar-refractivity contribution in [2.75, 3.05) is 20.1 Å². The molecule has 1 fully saturated rings. The van der Waals surface area contributed by atoms with Crippen LogP contribution in [-0.4, -0.2) is 41.1 Å². The van der Waals surface area contributed by atoms with Crippen LogP contribution < -0.4 is 4.74 Å². The van der Waals surface area contributed by atoms with Crippen molar-refractivity contribution >= 4 is 11.6 Å². The molecule has 2 rings (SSSR count). The third kappa shape index (κ3) is 2.33. The van der Waals surface area contributed by atoms with Gasteiger partial charge in [0.15, 0.2) is 5.75 Å². The summed E-state index contributed by atoms with van der Waals surface area (Å²) in [6.07, 6.45) is 4.52. The maximum absolute atomic E-state index is 5.68. The molecule has 0 saturated carbocycles.